The highest BCUT2D eigenvalue weighted by atomic mass is 19.1. The molecule has 4 nitrogen and oxygen atoms in total. The molecule has 2 aromatic rings. The zero-order valence-electron chi connectivity index (χ0n) is 10.1. The summed E-state index contributed by atoms with van der Waals surface area (Å²) >= 11 is 0. The Balaban J connectivity index is 2.41. The number of hydrogen-bond acceptors (Lipinski definition) is 2. The molecule has 1 aliphatic heterocycles. The van der Waals surface area contributed by atoms with Crippen LogP contribution >= 0.6 is 0 Å². The van der Waals surface area contributed by atoms with Crippen LogP contribution < -0.4 is 5.56 Å². The largest absolute Gasteiger partial charge is 0.320 e. The van der Waals surface area contributed by atoms with Gasteiger partial charge in [-0.15, -0.1) is 0 Å². The Kier molecular flexibility index (Phi) is 1.83. The van der Waals surface area contributed by atoms with Gasteiger partial charge in [-0.2, -0.15) is 9.49 Å². The summed E-state index contributed by atoms with van der Waals surface area (Å²) in [5.41, 5.74) is 0.582. The molecule has 0 fully saturated rings. The maximum absolute atomic E-state index is 14.2. The van der Waals surface area contributed by atoms with Crippen molar-refractivity contribution in [3.63, 3.8) is 0 Å². The molecule has 3 rings (SSSR count). The molecule has 0 radical (unpaired) electrons. The lowest BCUT2D eigenvalue weighted by atomic mass is 9.90. The minimum absolute atomic E-state index is 0.0471. The molecular formula is C12H14FN3O. The van der Waals surface area contributed by atoms with Gasteiger partial charge in [0.15, 0.2) is 0 Å². The van der Waals surface area contributed by atoms with E-state index in [0.29, 0.717) is 11.9 Å². The van der Waals surface area contributed by atoms with Gasteiger partial charge in [0.05, 0.1) is 6.20 Å². The molecule has 0 saturated heterocycles. The van der Waals surface area contributed by atoms with E-state index in [0.717, 1.165) is 12.1 Å². The molecule has 90 valence electrons. The number of rotatable bonds is 0. The van der Waals surface area contributed by atoms with Gasteiger partial charge in [-0.3, -0.25) is 4.79 Å². The molecule has 5 heteroatoms. The van der Waals surface area contributed by atoms with E-state index in [-0.39, 0.29) is 16.4 Å². The van der Waals surface area contributed by atoms with Crippen molar-refractivity contribution in [2.45, 2.75) is 26.8 Å². The summed E-state index contributed by atoms with van der Waals surface area (Å²) in [5, 5.41) is 4.81. The van der Waals surface area contributed by atoms with Crippen LogP contribution in [0.5, 0.6) is 0 Å². The molecule has 0 bridgehead atoms. The van der Waals surface area contributed by atoms with E-state index in [2.05, 4.69) is 18.9 Å². The number of aryl methyl sites for hydroxylation is 1. The fraction of sp³-hybridized carbons (Fsp3) is 0.500. The lowest BCUT2D eigenvalue weighted by Gasteiger charge is -2.15. The first-order valence-corrected chi connectivity index (χ1v) is 5.63. The maximum Gasteiger partial charge on any atom is 0.279 e. The molecule has 0 spiro atoms. The van der Waals surface area contributed by atoms with Crippen LogP contribution in [0.1, 0.15) is 19.5 Å². The molecular weight excluding hydrogens is 221 g/mol. The molecule has 17 heavy (non-hydrogen) atoms. The van der Waals surface area contributed by atoms with Gasteiger partial charge in [0.25, 0.3) is 5.56 Å². The van der Waals surface area contributed by atoms with Crippen LogP contribution in [0, 0.1) is 11.4 Å². The van der Waals surface area contributed by atoms with Crippen molar-refractivity contribution in [2.24, 2.45) is 12.5 Å². The predicted octanol–water partition coefficient (Wildman–Crippen LogP) is 1.46. The lowest BCUT2D eigenvalue weighted by molar-refractivity contribution is 0.342. The number of halogens is 1. The Morgan fingerprint density at radius 3 is 2.88 bits per heavy atom. The first kappa shape index (κ1) is 10.5. The summed E-state index contributed by atoms with van der Waals surface area (Å²) in [4.78, 5) is 11.9. The molecule has 0 amide bonds. The molecule has 0 aliphatic carbocycles. The number of aromatic nitrogens is 3. The van der Waals surface area contributed by atoms with Gasteiger partial charge in [0.1, 0.15) is 5.39 Å². The Bertz CT molecular complexity index is 681. The van der Waals surface area contributed by atoms with Crippen molar-refractivity contribution in [1.29, 1.82) is 0 Å². The van der Waals surface area contributed by atoms with Crippen molar-refractivity contribution in [3.8, 4) is 0 Å². The van der Waals surface area contributed by atoms with Gasteiger partial charge in [0, 0.05) is 24.7 Å². The summed E-state index contributed by atoms with van der Waals surface area (Å²) in [6, 6.07) is 0. The Hall–Kier alpha value is -1.65. The van der Waals surface area contributed by atoms with E-state index in [1.54, 1.807) is 10.8 Å². The van der Waals surface area contributed by atoms with Gasteiger partial charge in [-0.05, 0) is 11.8 Å². The van der Waals surface area contributed by atoms with Crippen LogP contribution in [0.25, 0.3) is 10.8 Å². The molecule has 3 heterocycles. The second-order valence-electron chi connectivity index (χ2n) is 5.53. The zero-order valence-corrected chi connectivity index (χ0v) is 10.1. The highest BCUT2D eigenvalue weighted by molar-refractivity contribution is 5.85. The average Bonchev–Trinajstić information content (AvgIpc) is 2.67. The fourth-order valence-corrected chi connectivity index (χ4v) is 2.65. The fourth-order valence-electron chi connectivity index (χ4n) is 2.65. The minimum Gasteiger partial charge on any atom is -0.320 e. The lowest BCUT2D eigenvalue weighted by Crippen LogP contribution is -2.20. The van der Waals surface area contributed by atoms with Crippen LogP contribution in [-0.2, 0) is 20.0 Å². The molecule has 0 aromatic carbocycles. The third-order valence-electron chi connectivity index (χ3n) is 3.45. The topological polar surface area (TPSA) is 39.8 Å². The minimum atomic E-state index is -0.413. The molecule has 0 atom stereocenters. The average molecular weight is 235 g/mol. The van der Waals surface area contributed by atoms with Gasteiger partial charge >= 0.3 is 0 Å². The van der Waals surface area contributed by atoms with E-state index in [4.69, 9.17) is 0 Å². The maximum atomic E-state index is 14.2. The van der Waals surface area contributed by atoms with E-state index in [1.165, 1.54) is 11.7 Å². The Morgan fingerprint density at radius 2 is 2.18 bits per heavy atom. The van der Waals surface area contributed by atoms with Crippen LogP contribution in [0.4, 0.5) is 4.39 Å². The summed E-state index contributed by atoms with van der Waals surface area (Å²) in [5.74, 6) is -0.413. The first-order valence-electron chi connectivity index (χ1n) is 5.63. The van der Waals surface area contributed by atoms with Crippen molar-refractivity contribution in [2.75, 3.05) is 0 Å². The molecule has 0 saturated carbocycles. The van der Waals surface area contributed by atoms with Crippen molar-refractivity contribution < 1.29 is 4.39 Å². The van der Waals surface area contributed by atoms with E-state index in [9.17, 15) is 9.18 Å². The summed E-state index contributed by atoms with van der Waals surface area (Å²) in [7, 11) is 1.54. The van der Waals surface area contributed by atoms with Crippen LogP contribution in [0.2, 0.25) is 0 Å². The zero-order chi connectivity index (χ0) is 12.4. The summed E-state index contributed by atoms with van der Waals surface area (Å²) < 4.78 is 17.0. The van der Waals surface area contributed by atoms with Crippen molar-refractivity contribution in [1.82, 2.24) is 14.3 Å². The van der Waals surface area contributed by atoms with E-state index < -0.39 is 5.95 Å². The third-order valence-corrected chi connectivity index (χ3v) is 3.45. The van der Waals surface area contributed by atoms with Gasteiger partial charge in [-0.25, -0.2) is 4.68 Å². The van der Waals surface area contributed by atoms with E-state index in [1.807, 2.05) is 0 Å². The van der Waals surface area contributed by atoms with Crippen LogP contribution in [-0.4, -0.2) is 14.3 Å². The molecule has 1 aliphatic rings. The smallest absolute Gasteiger partial charge is 0.279 e. The van der Waals surface area contributed by atoms with Gasteiger partial charge < -0.3 is 4.57 Å². The van der Waals surface area contributed by atoms with Crippen molar-refractivity contribution in [3.05, 3.63) is 28.2 Å². The molecule has 2 aromatic heterocycles. The van der Waals surface area contributed by atoms with E-state index >= 15 is 0 Å². The molecule has 0 unspecified atom stereocenters. The second kappa shape index (κ2) is 2.97. The first-order chi connectivity index (χ1) is 7.91. The normalized spacial score (nSPS) is 17.6. The predicted molar refractivity (Wildman–Crippen MR) is 62.4 cm³/mol. The third kappa shape index (κ3) is 1.28. The number of fused-ring (bicyclic) bond motifs is 3. The SMILES string of the molecule is Cn1ncc2c3n(c(F)c2c1=O)CC(C)(C)C3. The van der Waals surface area contributed by atoms with Crippen LogP contribution in [0.3, 0.4) is 0 Å². The second-order valence-corrected chi connectivity index (χ2v) is 5.53. The van der Waals surface area contributed by atoms with Gasteiger partial charge in [0.2, 0.25) is 5.95 Å². The number of nitrogens with zero attached hydrogens (tertiary/aromatic N) is 3. The number of hydrogen-bond donors (Lipinski definition) is 0. The Morgan fingerprint density at radius 1 is 1.47 bits per heavy atom. The van der Waals surface area contributed by atoms with Gasteiger partial charge in [-0.1, -0.05) is 13.8 Å². The molecule has 0 N–H and O–H groups in total. The standard InChI is InChI=1S/C12H14FN3O/c1-12(2)4-8-7-5-14-15(3)11(17)9(7)10(13)16(8)6-12/h5H,4,6H2,1-3H3. The quantitative estimate of drug-likeness (QED) is 0.693. The monoisotopic (exact) mass is 235 g/mol. The highest BCUT2D eigenvalue weighted by Gasteiger charge is 2.34. The summed E-state index contributed by atoms with van der Waals surface area (Å²) in [6.07, 6.45) is 2.37. The van der Waals surface area contributed by atoms with Crippen LogP contribution in [0.15, 0.2) is 11.0 Å². The highest BCUT2D eigenvalue weighted by Crippen LogP contribution is 2.37. The van der Waals surface area contributed by atoms with Crippen molar-refractivity contribution >= 4 is 10.8 Å². The summed E-state index contributed by atoms with van der Waals surface area (Å²) in [6.45, 7) is 4.81. The Labute approximate surface area is 97.7 Å².